The molecule has 1 saturated carbocycles. The van der Waals surface area contributed by atoms with Gasteiger partial charge in [-0.2, -0.15) is 0 Å². The number of halogens is 1. The second kappa shape index (κ2) is 8.89. The summed E-state index contributed by atoms with van der Waals surface area (Å²) in [5, 5.41) is 0.731. The van der Waals surface area contributed by atoms with E-state index in [1.54, 1.807) is 0 Å². The van der Waals surface area contributed by atoms with Gasteiger partial charge in [0.25, 0.3) is 0 Å². The highest BCUT2D eigenvalue weighted by molar-refractivity contribution is 6.30. The molecule has 1 aliphatic heterocycles. The first kappa shape index (κ1) is 17.8. The van der Waals surface area contributed by atoms with E-state index in [1.807, 2.05) is 24.3 Å². The van der Waals surface area contributed by atoms with Crippen molar-refractivity contribution in [2.75, 3.05) is 6.54 Å². The molecular weight excluding hydrogens is 318 g/mol. The molecule has 1 atom stereocenters. The van der Waals surface area contributed by atoms with Crippen molar-refractivity contribution in [2.45, 2.75) is 76.7 Å². The largest absolute Gasteiger partial charge is 0.339 e. The van der Waals surface area contributed by atoms with E-state index in [0.29, 0.717) is 18.4 Å². The minimum absolute atomic E-state index is 0.297. The van der Waals surface area contributed by atoms with Crippen LogP contribution in [0, 0.1) is 5.92 Å². The maximum absolute atomic E-state index is 12.8. The van der Waals surface area contributed by atoms with Gasteiger partial charge in [0.2, 0.25) is 5.91 Å². The Bertz CT molecular complexity index is 521. The maximum atomic E-state index is 12.8. The monoisotopic (exact) mass is 347 g/mol. The Hall–Kier alpha value is -1.02. The molecule has 1 saturated heterocycles. The van der Waals surface area contributed by atoms with E-state index in [0.717, 1.165) is 29.5 Å². The summed E-state index contributed by atoms with van der Waals surface area (Å²) in [6, 6.07) is 8.17. The van der Waals surface area contributed by atoms with Crippen LogP contribution in [0.25, 0.3) is 0 Å². The number of likely N-dealkylation sites (tertiary alicyclic amines) is 1. The lowest BCUT2D eigenvalue weighted by Gasteiger charge is -2.37. The molecule has 3 heteroatoms. The van der Waals surface area contributed by atoms with Gasteiger partial charge in [-0.25, -0.2) is 0 Å². The molecule has 0 aromatic heterocycles. The lowest BCUT2D eigenvalue weighted by molar-refractivity contribution is -0.134. The minimum Gasteiger partial charge on any atom is -0.339 e. The molecule has 0 spiro atoms. The van der Waals surface area contributed by atoms with Crippen LogP contribution in [-0.4, -0.2) is 23.4 Å². The first-order valence-electron chi connectivity index (χ1n) is 9.76. The molecule has 1 heterocycles. The van der Waals surface area contributed by atoms with Gasteiger partial charge in [-0.3, -0.25) is 4.79 Å². The maximum Gasteiger partial charge on any atom is 0.227 e. The van der Waals surface area contributed by atoms with Crippen molar-refractivity contribution in [2.24, 2.45) is 5.92 Å². The molecule has 1 aromatic carbocycles. The zero-order chi connectivity index (χ0) is 16.8. The molecule has 1 amide bonds. The molecular formula is C21H30ClNO. The highest BCUT2D eigenvalue weighted by atomic mass is 35.5. The van der Waals surface area contributed by atoms with Crippen molar-refractivity contribution in [1.82, 2.24) is 4.90 Å². The van der Waals surface area contributed by atoms with Gasteiger partial charge in [0.15, 0.2) is 0 Å². The lowest BCUT2D eigenvalue weighted by Crippen LogP contribution is -2.44. The average Bonchev–Trinajstić information content (AvgIpc) is 2.63. The third-order valence-corrected chi connectivity index (χ3v) is 6.10. The predicted molar refractivity (Wildman–Crippen MR) is 100 cm³/mol. The van der Waals surface area contributed by atoms with Crippen LogP contribution in [0.15, 0.2) is 24.3 Å². The fraction of sp³-hybridized carbons (Fsp3) is 0.667. The smallest absolute Gasteiger partial charge is 0.227 e. The summed E-state index contributed by atoms with van der Waals surface area (Å²) in [6.07, 6.45) is 13.7. The third kappa shape index (κ3) is 4.99. The molecule has 2 nitrogen and oxygen atoms in total. The Morgan fingerprint density at radius 2 is 1.67 bits per heavy atom. The zero-order valence-corrected chi connectivity index (χ0v) is 15.4. The summed E-state index contributed by atoms with van der Waals surface area (Å²) >= 11 is 5.94. The molecule has 0 radical (unpaired) electrons. The lowest BCUT2D eigenvalue weighted by atomic mass is 9.84. The molecule has 3 rings (SSSR count). The highest BCUT2D eigenvalue weighted by Crippen LogP contribution is 2.30. The molecule has 0 N–H and O–H groups in total. The third-order valence-electron chi connectivity index (χ3n) is 5.85. The predicted octanol–water partition coefficient (Wildman–Crippen LogP) is 5.62. The van der Waals surface area contributed by atoms with E-state index in [9.17, 15) is 4.79 Å². The first-order valence-corrected chi connectivity index (χ1v) is 10.1. The summed E-state index contributed by atoms with van der Waals surface area (Å²) in [5.74, 6) is 1.21. The number of rotatable bonds is 5. The van der Waals surface area contributed by atoms with Gasteiger partial charge in [0.05, 0.1) is 6.42 Å². The average molecular weight is 348 g/mol. The Morgan fingerprint density at radius 1 is 0.958 bits per heavy atom. The van der Waals surface area contributed by atoms with Crippen LogP contribution >= 0.6 is 11.6 Å². The Morgan fingerprint density at radius 3 is 2.42 bits per heavy atom. The van der Waals surface area contributed by atoms with Gasteiger partial charge in [0, 0.05) is 17.6 Å². The number of hydrogen-bond acceptors (Lipinski definition) is 1. The fourth-order valence-electron chi connectivity index (χ4n) is 4.41. The van der Waals surface area contributed by atoms with Crippen LogP contribution in [0.5, 0.6) is 0 Å². The fourth-order valence-corrected chi connectivity index (χ4v) is 4.54. The molecule has 1 aliphatic carbocycles. The molecule has 132 valence electrons. The van der Waals surface area contributed by atoms with Gasteiger partial charge >= 0.3 is 0 Å². The molecule has 2 aliphatic rings. The van der Waals surface area contributed by atoms with Gasteiger partial charge < -0.3 is 4.90 Å². The van der Waals surface area contributed by atoms with Crippen molar-refractivity contribution < 1.29 is 4.79 Å². The van der Waals surface area contributed by atoms with Crippen LogP contribution < -0.4 is 0 Å². The van der Waals surface area contributed by atoms with Crippen molar-refractivity contribution in [3.63, 3.8) is 0 Å². The number of benzene rings is 1. The van der Waals surface area contributed by atoms with E-state index >= 15 is 0 Å². The van der Waals surface area contributed by atoms with Gasteiger partial charge in [-0.1, -0.05) is 55.8 Å². The van der Waals surface area contributed by atoms with Gasteiger partial charge in [-0.05, 0) is 55.7 Å². The molecule has 24 heavy (non-hydrogen) atoms. The van der Waals surface area contributed by atoms with Crippen LogP contribution in [0.1, 0.15) is 69.8 Å². The number of amides is 1. The quantitative estimate of drug-likeness (QED) is 0.676. The normalized spacial score (nSPS) is 22.5. The van der Waals surface area contributed by atoms with Crippen molar-refractivity contribution in [3.05, 3.63) is 34.9 Å². The molecule has 0 bridgehead atoms. The topological polar surface area (TPSA) is 20.3 Å². The second-order valence-corrected chi connectivity index (χ2v) is 8.06. The second-order valence-electron chi connectivity index (χ2n) is 7.62. The minimum atomic E-state index is 0.297. The van der Waals surface area contributed by atoms with Crippen LogP contribution in [-0.2, 0) is 11.2 Å². The number of carbonyl (C=O) groups excluding carboxylic acids is 1. The van der Waals surface area contributed by atoms with E-state index in [-0.39, 0.29) is 0 Å². The van der Waals surface area contributed by atoms with Crippen LogP contribution in [0.3, 0.4) is 0 Å². The Balaban J connectivity index is 1.54. The molecule has 1 aromatic rings. The van der Waals surface area contributed by atoms with Gasteiger partial charge in [-0.15, -0.1) is 0 Å². The summed E-state index contributed by atoms with van der Waals surface area (Å²) in [5.41, 5.74) is 1.07. The van der Waals surface area contributed by atoms with Crippen LogP contribution in [0.2, 0.25) is 5.02 Å². The number of piperidine rings is 1. The Labute approximate surface area is 151 Å². The molecule has 2 fully saturated rings. The summed E-state index contributed by atoms with van der Waals surface area (Å²) < 4.78 is 0. The van der Waals surface area contributed by atoms with E-state index < -0.39 is 0 Å². The van der Waals surface area contributed by atoms with E-state index in [4.69, 9.17) is 11.6 Å². The molecule has 1 unspecified atom stereocenters. The van der Waals surface area contributed by atoms with Crippen molar-refractivity contribution in [1.29, 1.82) is 0 Å². The van der Waals surface area contributed by atoms with Gasteiger partial charge in [0.1, 0.15) is 0 Å². The van der Waals surface area contributed by atoms with Crippen molar-refractivity contribution >= 4 is 17.5 Å². The number of hydrogen-bond donors (Lipinski definition) is 0. The van der Waals surface area contributed by atoms with E-state index in [1.165, 1.54) is 57.8 Å². The SMILES string of the molecule is O=C(Cc1ccc(Cl)cc1)N1CCCCC1CCC1CCCCC1. The van der Waals surface area contributed by atoms with E-state index in [2.05, 4.69) is 4.90 Å². The van der Waals surface area contributed by atoms with Crippen molar-refractivity contribution in [3.8, 4) is 0 Å². The van der Waals surface area contributed by atoms with Crippen LogP contribution in [0.4, 0.5) is 0 Å². The summed E-state index contributed by atoms with van der Waals surface area (Å²) in [6.45, 7) is 0.946. The summed E-state index contributed by atoms with van der Waals surface area (Å²) in [4.78, 5) is 15.0. The summed E-state index contributed by atoms with van der Waals surface area (Å²) in [7, 11) is 0. The standard InChI is InChI=1S/C21H30ClNO/c22-19-12-9-18(10-13-19)16-21(24)23-15-5-4-8-20(23)14-11-17-6-2-1-3-7-17/h9-10,12-13,17,20H,1-8,11,14-16H2. The number of carbonyl (C=O) groups is 1. The first-order chi connectivity index (χ1) is 11.7. The highest BCUT2D eigenvalue weighted by Gasteiger charge is 2.27. The zero-order valence-electron chi connectivity index (χ0n) is 14.7. The number of nitrogens with zero attached hydrogens (tertiary/aromatic N) is 1. The Kier molecular flexibility index (Phi) is 6.59.